The summed E-state index contributed by atoms with van der Waals surface area (Å²) in [5.74, 6) is 6.11. The second-order valence-corrected chi connectivity index (χ2v) is 15.1. The molecule has 2 fully saturated rings. The smallest absolute Gasteiger partial charge is 0.348 e. The lowest BCUT2D eigenvalue weighted by Crippen LogP contribution is -2.46. The van der Waals surface area contributed by atoms with Crippen LogP contribution in [0.15, 0.2) is 47.5 Å². The number of nitrogens with zero attached hydrogens (tertiary/aromatic N) is 2. The molecule has 216 valence electrons. The highest BCUT2D eigenvalue weighted by molar-refractivity contribution is 7.99. The third-order valence-electron chi connectivity index (χ3n) is 8.20. The van der Waals surface area contributed by atoms with Crippen LogP contribution in [0, 0.1) is 29.1 Å². The highest BCUT2D eigenvalue weighted by Gasteiger charge is 2.37. The SMILES string of the molecule is CC(C)(C)C#Cc1cc(N(C(=O)[C@H]2CC[C@H](C)CC2)[C@H]2CC[C@H](Sc3ccc4ccccc4n3)CC2)c(C(=O)O)s1. The van der Waals surface area contributed by atoms with E-state index in [0.29, 0.717) is 21.7 Å². The molecule has 1 aromatic carbocycles. The fraction of sp³-hybridized carbons (Fsp3) is 0.500. The number of pyridine rings is 1. The van der Waals surface area contributed by atoms with Gasteiger partial charge in [-0.25, -0.2) is 9.78 Å². The zero-order valence-corrected chi connectivity index (χ0v) is 26.1. The number of carbonyl (C=O) groups excluding carboxylic acids is 1. The Kier molecular flexibility index (Phi) is 9.11. The first kappa shape index (κ1) is 29.7. The van der Waals surface area contributed by atoms with Crippen molar-refractivity contribution in [2.24, 2.45) is 17.3 Å². The average molecular weight is 589 g/mol. The molecule has 0 spiro atoms. The minimum atomic E-state index is -0.990. The number of aromatic nitrogens is 1. The quantitative estimate of drug-likeness (QED) is 0.292. The van der Waals surface area contributed by atoms with Crippen molar-refractivity contribution in [3.05, 3.63) is 52.2 Å². The zero-order chi connectivity index (χ0) is 29.1. The summed E-state index contributed by atoms with van der Waals surface area (Å²) in [4.78, 5) is 34.3. The number of anilines is 1. The number of aromatic carboxylic acids is 1. The highest BCUT2D eigenvalue weighted by atomic mass is 32.2. The van der Waals surface area contributed by atoms with Crippen LogP contribution in [-0.2, 0) is 4.79 Å². The summed E-state index contributed by atoms with van der Waals surface area (Å²) in [5, 5.41) is 12.8. The molecular formula is C34H40N2O3S2. The van der Waals surface area contributed by atoms with Gasteiger partial charge in [-0.3, -0.25) is 4.79 Å². The molecule has 3 aromatic rings. The molecule has 41 heavy (non-hydrogen) atoms. The maximum atomic E-state index is 14.2. The Bertz CT molecular complexity index is 1460. The lowest BCUT2D eigenvalue weighted by atomic mass is 9.81. The van der Waals surface area contributed by atoms with Gasteiger partial charge in [-0.2, -0.15) is 0 Å². The van der Waals surface area contributed by atoms with E-state index in [1.54, 1.807) is 0 Å². The summed E-state index contributed by atoms with van der Waals surface area (Å²) < 4.78 is 0. The summed E-state index contributed by atoms with van der Waals surface area (Å²) in [6.45, 7) is 8.37. The molecule has 5 nitrogen and oxygen atoms in total. The van der Waals surface area contributed by atoms with E-state index in [9.17, 15) is 14.7 Å². The molecule has 2 heterocycles. The summed E-state index contributed by atoms with van der Waals surface area (Å²) in [6, 6.07) is 14.3. The van der Waals surface area contributed by atoms with Crippen molar-refractivity contribution in [2.75, 3.05) is 4.90 Å². The van der Waals surface area contributed by atoms with Gasteiger partial charge in [0.05, 0.1) is 21.1 Å². The van der Waals surface area contributed by atoms with Gasteiger partial charge in [0.1, 0.15) is 4.88 Å². The van der Waals surface area contributed by atoms with Crippen LogP contribution in [0.5, 0.6) is 0 Å². The summed E-state index contributed by atoms with van der Waals surface area (Å²) in [6.07, 6.45) is 7.44. The Morgan fingerprint density at radius 1 is 1.00 bits per heavy atom. The van der Waals surface area contributed by atoms with Crippen molar-refractivity contribution in [1.82, 2.24) is 4.98 Å². The second kappa shape index (κ2) is 12.6. The van der Waals surface area contributed by atoms with Crippen LogP contribution in [0.3, 0.4) is 0 Å². The number of carboxylic acids is 1. The van der Waals surface area contributed by atoms with E-state index in [1.807, 2.05) is 61.7 Å². The minimum absolute atomic E-state index is 0.0145. The van der Waals surface area contributed by atoms with E-state index in [0.717, 1.165) is 67.3 Å². The normalized spacial score (nSPS) is 23.0. The molecule has 5 rings (SSSR count). The molecule has 2 aliphatic carbocycles. The molecule has 0 radical (unpaired) electrons. The van der Waals surface area contributed by atoms with Crippen molar-refractivity contribution in [1.29, 1.82) is 0 Å². The summed E-state index contributed by atoms with van der Waals surface area (Å²) in [5.41, 5.74) is 1.35. The Morgan fingerprint density at radius 2 is 1.71 bits per heavy atom. The predicted molar refractivity (Wildman–Crippen MR) is 170 cm³/mol. The zero-order valence-electron chi connectivity index (χ0n) is 24.5. The van der Waals surface area contributed by atoms with Crippen LogP contribution >= 0.6 is 23.1 Å². The molecule has 1 amide bonds. The van der Waals surface area contributed by atoms with Crippen LogP contribution in [0.1, 0.15) is 93.6 Å². The molecule has 0 saturated heterocycles. The van der Waals surface area contributed by atoms with E-state index >= 15 is 0 Å². The second-order valence-electron chi connectivity index (χ2n) is 12.7. The Balaban J connectivity index is 1.38. The Labute approximate surface area is 252 Å². The van der Waals surface area contributed by atoms with Crippen LogP contribution in [-0.4, -0.2) is 33.3 Å². The maximum absolute atomic E-state index is 14.2. The Hall–Kier alpha value is -2.82. The van der Waals surface area contributed by atoms with Crippen molar-refractivity contribution in [2.45, 2.75) is 95.4 Å². The first-order chi connectivity index (χ1) is 19.6. The van der Waals surface area contributed by atoms with Gasteiger partial charge < -0.3 is 10.0 Å². The van der Waals surface area contributed by atoms with E-state index in [-0.39, 0.29) is 28.2 Å². The number of amides is 1. The standard InChI is InChI=1S/C34H40N2O3S2/c1-22-9-11-24(12-10-22)32(37)36(29-21-27(19-20-34(2,3)4)41-31(29)33(38)39)25-14-16-26(17-15-25)40-30-18-13-23-7-5-6-8-28(23)35-30/h5-8,13,18,21-22,24-26H,9-12,14-17H2,1-4H3,(H,38,39)/t22-,24-,25-,26-. The van der Waals surface area contributed by atoms with Crippen molar-refractivity contribution >= 4 is 51.6 Å². The number of carbonyl (C=O) groups is 2. The molecule has 0 aliphatic heterocycles. The van der Waals surface area contributed by atoms with Crippen molar-refractivity contribution < 1.29 is 14.7 Å². The van der Waals surface area contributed by atoms with Crippen LogP contribution in [0.2, 0.25) is 0 Å². The monoisotopic (exact) mass is 588 g/mol. The molecule has 2 aliphatic rings. The first-order valence-corrected chi connectivity index (χ1v) is 16.5. The van der Waals surface area contributed by atoms with Gasteiger partial charge in [0, 0.05) is 28.0 Å². The van der Waals surface area contributed by atoms with Gasteiger partial charge in [0.15, 0.2) is 0 Å². The number of rotatable bonds is 6. The number of benzene rings is 1. The van der Waals surface area contributed by atoms with Crippen molar-refractivity contribution in [3.63, 3.8) is 0 Å². The number of hydrogen-bond donors (Lipinski definition) is 1. The van der Waals surface area contributed by atoms with Gasteiger partial charge in [0.25, 0.3) is 0 Å². The average Bonchev–Trinajstić information content (AvgIpc) is 3.37. The number of carboxylic acid groups (broad SMARTS) is 1. The number of hydrogen-bond acceptors (Lipinski definition) is 5. The van der Waals surface area contributed by atoms with Crippen LogP contribution < -0.4 is 4.90 Å². The molecule has 1 N–H and O–H groups in total. The summed E-state index contributed by atoms with van der Waals surface area (Å²) in [7, 11) is 0. The largest absolute Gasteiger partial charge is 0.477 e. The summed E-state index contributed by atoms with van der Waals surface area (Å²) >= 11 is 3.01. The predicted octanol–water partition coefficient (Wildman–Crippen LogP) is 8.65. The molecule has 2 saturated carbocycles. The molecule has 0 bridgehead atoms. The van der Waals surface area contributed by atoms with E-state index in [4.69, 9.17) is 4.98 Å². The van der Waals surface area contributed by atoms with Crippen LogP contribution in [0.25, 0.3) is 10.9 Å². The topological polar surface area (TPSA) is 70.5 Å². The highest BCUT2D eigenvalue weighted by Crippen LogP contribution is 2.41. The first-order valence-electron chi connectivity index (χ1n) is 14.8. The van der Waals surface area contributed by atoms with Gasteiger partial charge >= 0.3 is 5.97 Å². The lowest BCUT2D eigenvalue weighted by molar-refractivity contribution is -0.124. The van der Waals surface area contributed by atoms with E-state index < -0.39 is 5.97 Å². The van der Waals surface area contributed by atoms with Crippen LogP contribution in [0.4, 0.5) is 5.69 Å². The minimum Gasteiger partial charge on any atom is -0.477 e. The van der Waals surface area contributed by atoms with Gasteiger partial charge in [-0.1, -0.05) is 43.0 Å². The van der Waals surface area contributed by atoms with E-state index in [1.165, 1.54) is 11.3 Å². The van der Waals surface area contributed by atoms with Gasteiger partial charge in [-0.15, -0.1) is 23.1 Å². The number of thiophene rings is 1. The fourth-order valence-electron chi connectivity index (χ4n) is 5.93. The maximum Gasteiger partial charge on any atom is 0.348 e. The lowest BCUT2D eigenvalue weighted by Gasteiger charge is -2.39. The molecule has 0 unspecified atom stereocenters. The molecule has 7 heteroatoms. The number of para-hydroxylation sites is 1. The number of thioether (sulfide) groups is 1. The van der Waals surface area contributed by atoms with E-state index in [2.05, 4.69) is 37.0 Å². The van der Waals surface area contributed by atoms with Gasteiger partial charge in [-0.05, 0) is 96.3 Å². The van der Waals surface area contributed by atoms with Gasteiger partial charge in [0.2, 0.25) is 5.91 Å². The molecular weight excluding hydrogens is 549 g/mol. The number of fused-ring (bicyclic) bond motifs is 1. The molecule has 2 aromatic heterocycles. The molecule has 0 atom stereocenters. The fourth-order valence-corrected chi connectivity index (χ4v) is 7.92. The Morgan fingerprint density at radius 3 is 2.39 bits per heavy atom. The third kappa shape index (κ3) is 7.34. The van der Waals surface area contributed by atoms with Crippen molar-refractivity contribution in [3.8, 4) is 11.8 Å². The third-order valence-corrected chi connectivity index (χ3v) is 10.5.